The van der Waals surface area contributed by atoms with Crippen molar-refractivity contribution in [3.05, 3.63) is 34.9 Å². The Morgan fingerprint density at radius 3 is 3.00 bits per heavy atom. The highest BCUT2D eigenvalue weighted by Gasteiger charge is 2.26. The maximum atomic E-state index is 5.97. The van der Waals surface area contributed by atoms with Crippen molar-refractivity contribution >= 4 is 11.6 Å². The summed E-state index contributed by atoms with van der Waals surface area (Å²) in [6.07, 6.45) is 5.33. The van der Waals surface area contributed by atoms with Crippen molar-refractivity contribution in [1.82, 2.24) is 0 Å². The second-order valence-corrected chi connectivity index (χ2v) is 4.74. The summed E-state index contributed by atoms with van der Waals surface area (Å²) in [7, 11) is 1.82. The van der Waals surface area contributed by atoms with Crippen LogP contribution in [0.1, 0.15) is 24.8 Å². The SMILES string of the molecule is COC1CCCC1Cc1cccc(Cl)c1. The lowest BCUT2D eigenvalue weighted by atomic mass is 9.96. The molecule has 0 N–H and O–H groups in total. The zero-order valence-corrected chi connectivity index (χ0v) is 9.83. The first kappa shape index (κ1) is 11.0. The van der Waals surface area contributed by atoms with Gasteiger partial charge in [0.1, 0.15) is 0 Å². The van der Waals surface area contributed by atoms with Gasteiger partial charge in [-0.15, -0.1) is 0 Å². The number of rotatable bonds is 3. The molecule has 1 aromatic rings. The Balaban J connectivity index is 2.02. The predicted octanol–water partition coefficient (Wildman–Crippen LogP) is 3.70. The molecular weight excluding hydrogens is 208 g/mol. The van der Waals surface area contributed by atoms with Crippen LogP contribution < -0.4 is 0 Å². The molecular formula is C13H17ClO. The molecule has 82 valence electrons. The van der Waals surface area contributed by atoms with Crippen LogP contribution >= 0.6 is 11.6 Å². The first-order chi connectivity index (χ1) is 7.29. The maximum Gasteiger partial charge on any atom is 0.0602 e. The molecule has 0 spiro atoms. The summed E-state index contributed by atoms with van der Waals surface area (Å²) in [6, 6.07) is 8.16. The van der Waals surface area contributed by atoms with Gasteiger partial charge in [0.15, 0.2) is 0 Å². The van der Waals surface area contributed by atoms with Crippen LogP contribution in [0.3, 0.4) is 0 Å². The fraction of sp³-hybridized carbons (Fsp3) is 0.538. The third-order valence-electron chi connectivity index (χ3n) is 3.28. The maximum absolute atomic E-state index is 5.97. The number of ether oxygens (including phenoxy) is 1. The van der Waals surface area contributed by atoms with Gasteiger partial charge in [-0.3, -0.25) is 0 Å². The number of benzene rings is 1. The second-order valence-electron chi connectivity index (χ2n) is 4.30. The summed E-state index contributed by atoms with van der Waals surface area (Å²) in [5, 5.41) is 0.833. The first-order valence-corrected chi connectivity index (χ1v) is 5.94. The van der Waals surface area contributed by atoms with Crippen molar-refractivity contribution in [3.8, 4) is 0 Å². The van der Waals surface area contributed by atoms with Crippen LogP contribution in [0.25, 0.3) is 0 Å². The van der Waals surface area contributed by atoms with Crippen LogP contribution in [0.2, 0.25) is 5.02 Å². The van der Waals surface area contributed by atoms with Gasteiger partial charge in [0.25, 0.3) is 0 Å². The zero-order chi connectivity index (χ0) is 10.7. The summed E-state index contributed by atoms with van der Waals surface area (Å²) < 4.78 is 5.49. The van der Waals surface area contributed by atoms with Crippen molar-refractivity contribution in [1.29, 1.82) is 0 Å². The van der Waals surface area contributed by atoms with E-state index in [1.165, 1.54) is 24.8 Å². The summed E-state index contributed by atoms with van der Waals surface area (Å²) in [5.74, 6) is 0.675. The Kier molecular flexibility index (Phi) is 3.66. The Morgan fingerprint density at radius 1 is 1.40 bits per heavy atom. The lowest BCUT2D eigenvalue weighted by molar-refractivity contribution is 0.0713. The largest absolute Gasteiger partial charge is 0.381 e. The summed E-state index contributed by atoms with van der Waals surface area (Å²) in [4.78, 5) is 0. The molecule has 2 atom stereocenters. The molecule has 1 saturated carbocycles. The number of hydrogen-bond acceptors (Lipinski definition) is 1. The van der Waals surface area contributed by atoms with Gasteiger partial charge in [-0.1, -0.05) is 30.2 Å². The van der Waals surface area contributed by atoms with Gasteiger partial charge in [-0.2, -0.15) is 0 Å². The first-order valence-electron chi connectivity index (χ1n) is 5.57. The highest BCUT2D eigenvalue weighted by atomic mass is 35.5. The smallest absolute Gasteiger partial charge is 0.0602 e. The van der Waals surface area contributed by atoms with Crippen LogP contribution in [0, 0.1) is 5.92 Å². The normalized spacial score (nSPS) is 25.7. The van der Waals surface area contributed by atoms with Gasteiger partial charge in [0.05, 0.1) is 6.10 Å². The highest BCUT2D eigenvalue weighted by Crippen LogP contribution is 2.31. The average Bonchev–Trinajstić information content (AvgIpc) is 2.65. The van der Waals surface area contributed by atoms with Crippen LogP contribution in [0.4, 0.5) is 0 Å². The van der Waals surface area contributed by atoms with Crippen LogP contribution in [-0.4, -0.2) is 13.2 Å². The molecule has 1 aromatic carbocycles. The second kappa shape index (κ2) is 5.00. The number of hydrogen-bond donors (Lipinski definition) is 0. The summed E-state index contributed by atoms with van der Waals surface area (Å²) >= 11 is 5.97. The standard InChI is InChI=1S/C13H17ClO/c1-15-13-7-3-5-11(13)8-10-4-2-6-12(14)9-10/h2,4,6,9,11,13H,3,5,7-8H2,1H3. The third-order valence-corrected chi connectivity index (χ3v) is 3.51. The van der Waals surface area contributed by atoms with E-state index in [0.717, 1.165) is 11.4 Å². The molecule has 1 fully saturated rings. The third kappa shape index (κ3) is 2.73. The quantitative estimate of drug-likeness (QED) is 0.761. The van der Waals surface area contributed by atoms with E-state index in [2.05, 4.69) is 12.1 Å². The molecule has 0 saturated heterocycles. The van der Waals surface area contributed by atoms with Crippen molar-refractivity contribution in [2.75, 3.05) is 7.11 Å². The molecule has 1 aliphatic rings. The van der Waals surface area contributed by atoms with Crippen molar-refractivity contribution in [2.45, 2.75) is 31.8 Å². The van der Waals surface area contributed by atoms with Crippen LogP contribution in [-0.2, 0) is 11.2 Å². The minimum Gasteiger partial charge on any atom is -0.381 e. The topological polar surface area (TPSA) is 9.23 Å². The van der Waals surface area contributed by atoms with Gasteiger partial charge in [0.2, 0.25) is 0 Å². The summed E-state index contributed by atoms with van der Waals surface area (Å²) in [6.45, 7) is 0. The molecule has 0 aliphatic heterocycles. The molecule has 15 heavy (non-hydrogen) atoms. The van der Waals surface area contributed by atoms with Crippen molar-refractivity contribution < 1.29 is 4.74 Å². The van der Waals surface area contributed by atoms with E-state index in [9.17, 15) is 0 Å². The molecule has 0 radical (unpaired) electrons. The monoisotopic (exact) mass is 224 g/mol. The van der Waals surface area contributed by atoms with E-state index < -0.39 is 0 Å². The molecule has 2 unspecified atom stereocenters. The predicted molar refractivity (Wildman–Crippen MR) is 63.3 cm³/mol. The Bertz CT molecular complexity index is 324. The average molecular weight is 225 g/mol. The van der Waals surface area contributed by atoms with E-state index in [1.807, 2.05) is 19.2 Å². The fourth-order valence-corrected chi connectivity index (χ4v) is 2.73. The van der Waals surface area contributed by atoms with E-state index in [1.54, 1.807) is 0 Å². The van der Waals surface area contributed by atoms with Crippen LogP contribution in [0.5, 0.6) is 0 Å². The van der Waals surface area contributed by atoms with Gasteiger partial charge >= 0.3 is 0 Å². The molecule has 0 amide bonds. The number of methoxy groups -OCH3 is 1. The van der Waals surface area contributed by atoms with E-state index in [4.69, 9.17) is 16.3 Å². The van der Waals surface area contributed by atoms with Gasteiger partial charge < -0.3 is 4.74 Å². The molecule has 2 rings (SSSR count). The minimum absolute atomic E-state index is 0.448. The summed E-state index contributed by atoms with van der Waals surface area (Å²) in [5.41, 5.74) is 1.33. The molecule has 0 aromatic heterocycles. The highest BCUT2D eigenvalue weighted by molar-refractivity contribution is 6.30. The molecule has 0 heterocycles. The Labute approximate surface area is 96.4 Å². The van der Waals surface area contributed by atoms with Crippen molar-refractivity contribution in [2.24, 2.45) is 5.92 Å². The molecule has 1 aliphatic carbocycles. The molecule has 2 heteroatoms. The Hall–Kier alpha value is -0.530. The van der Waals surface area contributed by atoms with Gasteiger partial charge in [0, 0.05) is 12.1 Å². The fourth-order valence-electron chi connectivity index (χ4n) is 2.51. The van der Waals surface area contributed by atoms with E-state index in [-0.39, 0.29) is 0 Å². The van der Waals surface area contributed by atoms with Gasteiger partial charge in [-0.25, -0.2) is 0 Å². The molecule has 1 nitrogen and oxygen atoms in total. The minimum atomic E-state index is 0.448. The Morgan fingerprint density at radius 2 is 2.27 bits per heavy atom. The van der Waals surface area contributed by atoms with Crippen LogP contribution in [0.15, 0.2) is 24.3 Å². The van der Waals surface area contributed by atoms with E-state index >= 15 is 0 Å². The molecule has 0 bridgehead atoms. The zero-order valence-electron chi connectivity index (χ0n) is 9.08. The lowest BCUT2D eigenvalue weighted by Crippen LogP contribution is -2.18. The van der Waals surface area contributed by atoms with Crippen molar-refractivity contribution in [3.63, 3.8) is 0 Å². The van der Waals surface area contributed by atoms with Gasteiger partial charge in [-0.05, 0) is 42.9 Å². The number of halogens is 1. The van der Waals surface area contributed by atoms with E-state index in [0.29, 0.717) is 12.0 Å². The lowest BCUT2D eigenvalue weighted by Gasteiger charge is -2.18.